The van der Waals surface area contributed by atoms with E-state index in [4.69, 9.17) is 4.74 Å². The maximum absolute atomic E-state index is 13.0. The number of hydrogen-bond donors (Lipinski definition) is 1. The Morgan fingerprint density at radius 2 is 1.71 bits per heavy atom. The molecule has 0 unspecified atom stereocenters. The lowest BCUT2D eigenvalue weighted by Crippen LogP contribution is -2.48. The fourth-order valence-electron chi connectivity index (χ4n) is 4.50. The number of pyridine rings is 1. The molecule has 2 amide bonds. The van der Waals surface area contributed by atoms with E-state index in [1.165, 1.54) is 0 Å². The van der Waals surface area contributed by atoms with Crippen molar-refractivity contribution in [3.8, 4) is 16.9 Å². The first-order valence-electron chi connectivity index (χ1n) is 12.5. The van der Waals surface area contributed by atoms with Crippen molar-refractivity contribution >= 4 is 27.5 Å². The number of carbonyl (C=O) groups is 2. The highest BCUT2D eigenvalue weighted by molar-refractivity contribution is 7.89. The fourth-order valence-corrected chi connectivity index (χ4v) is 4.95. The largest absolute Gasteiger partial charge is 0.492 e. The second kappa shape index (κ2) is 12.1. The molecule has 200 valence electrons. The average molecular weight is 537 g/mol. The number of nitrogens with zero attached hydrogens (tertiary/aromatic N) is 3. The summed E-state index contributed by atoms with van der Waals surface area (Å²) in [6.45, 7) is 5.07. The van der Waals surface area contributed by atoms with Crippen LogP contribution in [0, 0.1) is 0 Å². The monoisotopic (exact) mass is 536 g/mol. The summed E-state index contributed by atoms with van der Waals surface area (Å²) in [6, 6.07) is 16.8. The van der Waals surface area contributed by atoms with Crippen LogP contribution in [-0.2, 0) is 21.2 Å². The number of aromatic nitrogens is 1. The molecule has 38 heavy (non-hydrogen) atoms. The number of aryl methyl sites for hydroxylation is 1. The predicted molar refractivity (Wildman–Crippen MR) is 147 cm³/mol. The van der Waals surface area contributed by atoms with Crippen molar-refractivity contribution < 1.29 is 22.7 Å². The third kappa shape index (κ3) is 7.10. The first-order valence-corrected chi connectivity index (χ1v) is 14.4. The van der Waals surface area contributed by atoms with E-state index in [2.05, 4.69) is 9.88 Å². The molecule has 0 spiro atoms. The number of sulfonamides is 1. The van der Waals surface area contributed by atoms with Crippen molar-refractivity contribution in [2.24, 2.45) is 0 Å². The Hall–Kier alpha value is -3.92. The highest BCUT2D eigenvalue weighted by Crippen LogP contribution is 2.27. The van der Waals surface area contributed by atoms with E-state index in [9.17, 15) is 18.0 Å². The van der Waals surface area contributed by atoms with Crippen LogP contribution in [0.2, 0.25) is 0 Å². The number of nitrogens with one attached hydrogen (secondary N) is 1. The van der Waals surface area contributed by atoms with Crippen LogP contribution in [0.5, 0.6) is 5.75 Å². The molecule has 0 saturated carbocycles. The summed E-state index contributed by atoms with van der Waals surface area (Å²) in [5.74, 6) is 0.184. The summed E-state index contributed by atoms with van der Waals surface area (Å²) in [5.41, 5.74) is 4.30. The van der Waals surface area contributed by atoms with Crippen molar-refractivity contribution in [1.82, 2.24) is 14.6 Å². The van der Waals surface area contributed by atoms with Crippen LogP contribution in [0.1, 0.15) is 29.3 Å². The number of amides is 2. The minimum Gasteiger partial charge on any atom is -0.492 e. The molecule has 0 radical (unpaired) electrons. The van der Waals surface area contributed by atoms with Crippen LogP contribution in [-0.4, -0.2) is 69.2 Å². The smallest absolute Gasteiger partial charge is 0.264 e. The van der Waals surface area contributed by atoms with E-state index in [-0.39, 0.29) is 11.5 Å². The second-order valence-electron chi connectivity index (χ2n) is 9.12. The molecule has 1 aliphatic rings. The minimum atomic E-state index is -3.62. The third-order valence-electron chi connectivity index (χ3n) is 6.37. The number of ether oxygens (including phenoxy) is 1. The van der Waals surface area contributed by atoms with Crippen LogP contribution in [0.4, 0.5) is 5.69 Å². The second-order valence-corrected chi connectivity index (χ2v) is 10.9. The van der Waals surface area contributed by atoms with Gasteiger partial charge in [-0.2, -0.15) is 0 Å². The van der Waals surface area contributed by atoms with Crippen LogP contribution in [0.15, 0.2) is 67.0 Å². The Morgan fingerprint density at radius 3 is 2.39 bits per heavy atom. The maximum Gasteiger partial charge on any atom is 0.264 e. The van der Waals surface area contributed by atoms with Gasteiger partial charge < -0.3 is 14.5 Å². The van der Waals surface area contributed by atoms with Gasteiger partial charge in [-0.3, -0.25) is 14.6 Å². The normalized spacial score (nSPS) is 13.7. The standard InChI is InChI=1S/C28H32N4O5S/c1-3-37-25-18-23(19-29-20-25)26-7-5-4-6-21(26)10-13-27(33)32-16-14-31(15-17-32)24-11-8-22(9-12-24)28(34)30-38(2,35)36/h4-9,11-12,18-20H,3,10,13-17H2,1-2H3,(H,30,34). The van der Waals surface area contributed by atoms with Gasteiger partial charge in [0.15, 0.2) is 0 Å². The molecule has 9 nitrogen and oxygen atoms in total. The van der Waals surface area contributed by atoms with Gasteiger partial charge in [0.1, 0.15) is 5.75 Å². The van der Waals surface area contributed by atoms with Crippen LogP contribution in [0.25, 0.3) is 11.1 Å². The summed E-state index contributed by atoms with van der Waals surface area (Å²) in [6.07, 6.45) is 5.50. The van der Waals surface area contributed by atoms with Crippen LogP contribution in [0.3, 0.4) is 0 Å². The predicted octanol–water partition coefficient (Wildman–Crippen LogP) is 3.12. The molecule has 10 heteroatoms. The third-order valence-corrected chi connectivity index (χ3v) is 6.92. The summed E-state index contributed by atoms with van der Waals surface area (Å²) >= 11 is 0. The Labute approximate surface area is 223 Å². The summed E-state index contributed by atoms with van der Waals surface area (Å²) in [5, 5.41) is 0. The van der Waals surface area contributed by atoms with Gasteiger partial charge in [0.25, 0.3) is 5.91 Å². The number of anilines is 1. The van der Waals surface area contributed by atoms with Gasteiger partial charge in [-0.25, -0.2) is 13.1 Å². The molecule has 0 aliphatic carbocycles. The molecule has 3 aromatic rings. The molecule has 0 bridgehead atoms. The van der Waals surface area contributed by atoms with Gasteiger partial charge in [-0.15, -0.1) is 0 Å². The Kier molecular flexibility index (Phi) is 8.62. The number of rotatable bonds is 9. The van der Waals surface area contributed by atoms with E-state index >= 15 is 0 Å². The van der Waals surface area contributed by atoms with Gasteiger partial charge >= 0.3 is 0 Å². The Bertz CT molecular complexity index is 1380. The van der Waals surface area contributed by atoms with Crippen molar-refractivity contribution in [3.63, 3.8) is 0 Å². The molecule has 1 fully saturated rings. The quantitative estimate of drug-likeness (QED) is 0.448. The lowest BCUT2D eigenvalue weighted by molar-refractivity contribution is -0.131. The van der Waals surface area contributed by atoms with Gasteiger partial charge in [-0.1, -0.05) is 24.3 Å². The maximum atomic E-state index is 13.0. The average Bonchev–Trinajstić information content (AvgIpc) is 2.91. The van der Waals surface area contributed by atoms with Crippen LogP contribution >= 0.6 is 0 Å². The van der Waals surface area contributed by atoms with Crippen molar-refractivity contribution in [3.05, 3.63) is 78.1 Å². The van der Waals surface area contributed by atoms with E-state index < -0.39 is 15.9 Å². The highest BCUT2D eigenvalue weighted by atomic mass is 32.2. The molecule has 0 atom stereocenters. The molecular weight excluding hydrogens is 504 g/mol. The first kappa shape index (κ1) is 27.1. The Balaban J connectivity index is 1.32. The number of carbonyl (C=O) groups excluding carboxylic acids is 2. The molecule has 1 saturated heterocycles. The zero-order valence-corrected chi connectivity index (χ0v) is 22.4. The molecule has 1 N–H and O–H groups in total. The topological polar surface area (TPSA) is 109 Å². The van der Waals surface area contributed by atoms with Gasteiger partial charge in [0, 0.05) is 55.6 Å². The van der Waals surface area contributed by atoms with E-state index in [0.29, 0.717) is 45.6 Å². The van der Waals surface area contributed by atoms with Crippen molar-refractivity contribution in [1.29, 1.82) is 0 Å². The van der Waals surface area contributed by atoms with Gasteiger partial charge in [0.2, 0.25) is 15.9 Å². The molecule has 2 aromatic carbocycles. The zero-order chi connectivity index (χ0) is 27.1. The minimum absolute atomic E-state index is 0.119. The lowest BCUT2D eigenvalue weighted by atomic mass is 9.97. The highest BCUT2D eigenvalue weighted by Gasteiger charge is 2.22. The number of hydrogen-bond acceptors (Lipinski definition) is 7. The van der Waals surface area contributed by atoms with Gasteiger partial charge in [0.05, 0.1) is 19.1 Å². The number of piperazine rings is 1. The zero-order valence-electron chi connectivity index (χ0n) is 21.6. The van der Waals surface area contributed by atoms with E-state index in [1.54, 1.807) is 30.5 Å². The lowest BCUT2D eigenvalue weighted by Gasteiger charge is -2.36. The molecule has 1 aliphatic heterocycles. The van der Waals surface area contributed by atoms with Gasteiger partial charge in [-0.05, 0) is 54.8 Å². The molecule has 4 rings (SSSR count). The summed E-state index contributed by atoms with van der Waals surface area (Å²) < 4.78 is 30.1. The van der Waals surface area contributed by atoms with Crippen LogP contribution < -0.4 is 14.4 Å². The molecular formula is C28H32N4O5S. The first-order chi connectivity index (χ1) is 18.2. The van der Waals surface area contributed by atoms with Crippen molar-refractivity contribution in [2.45, 2.75) is 19.8 Å². The molecule has 1 aromatic heterocycles. The van der Waals surface area contributed by atoms with E-state index in [0.717, 1.165) is 34.4 Å². The fraction of sp³-hybridized carbons (Fsp3) is 0.321. The Morgan fingerprint density at radius 1 is 1.00 bits per heavy atom. The van der Waals surface area contributed by atoms with Crippen molar-refractivity contribution in [2.75, 3.05) is 43.9 Å². The summed E-state index contributed by atoms with van der Waals surface area (Å²) in [4.78, 5) is 33.4. The number of benzene rings is 2. The SMILES string of the molecule is CCOc1cncc(-c2ccccc2CCC(=O)N2CCN(c3ccc(C(=O)NS(C)(=O)=O)cc3)CC2)c1. The summed E-state index contributed by atoms with van der Waals surface area (Å²) in [7, 11) is -3.62. The molecule has 2 heterocycles. The van der Waals surface area contributed by atoms with E-state index in [1.807, 2.05) is 53.1 Å².